The van der Waals surface area contributed by atoms with Crippen LogP contribution in [0.15, 0.2) is 71.9 Å². The molecular weight excluding hydrogens is 567 g/mol. The maximum absolute atomic E-state index is 15.1. The summed E-state index contributed by atoms with van der Waals surface area (Å²) in [6, 6.07) is 17.3. The number of ether oxygens (including phenoxy) is 1. The molecule has 1 N–H and O–H groups in total. The van der Waals surface area contributed by atoms with Crippen LogP contribution in [0.5, 0.6) is 5.75 Å². The SMILES string of the molecule is C.COc1cccc(F)c1C1=NCc2cnc(Nc3ccc(C(=O)N(C)CCCN(C)C)cc3)nc2-c2ccc(Cl)cc21. The molecule has 0 fully saturated rings. The number of benzene rings is 3. The molecule has 4 aromatic rings. The highest BCUT2D eigenvalue weighted by molar-refractivity contribution is 6.31. The Balaban J connectivity index is 0.00000423. The summed E-state index contributed by atoms with van der Waals surface area (Å²) in [7, 11) is 7.35. The van der Waals surface area contributed by atoms with E-state index in [9.17, 15) is 4.79 Å². The van der Waals surface area contributed by atoms with Gasteiger partial charge >= 0.3 is 0 Å². The topological polar surface area (TPSA) is 83.0 Å². The van der Waals surface area contributed by atoms with E-state index in [1.165, 1.54) is 13.2 Å². The molecule has 10 heteroatoms. The molecule has 43 heavy (non-hydrogen) atoms. The molecule has 1 aliphatic rings. The van der Waals surface area contributed by atoms with Gasteiger partial charge in [0.25, 0.3) is 5.91 Å². The van der Waals surface area contributed by atoms with Crippen molar-refractivity contribution in [3.63, 3.8) is 0 Å². The first-order chi connectivity index (χ1) is 20.2. The first-order valence-electron chi connectivity index (χ1n) is 13.6. The fourth-order valence-electron chi connectivity index (χ4n) is 4.87. The maximum Gasteiger partial charge on any atom is 0.253 e. The molecule has 1 amide bonds. The second-order valence-corrected chi connectivity index (χ2v) is 10.8. The lowest BCUT2D eigenvalue weighted by Crippen LogP contribution is -2.29. The van der Waals surface area contributed by atoms with E-state index in [4.69, 9.17) is 26.3 Å². The monoisotopic (exact) mass is 602 g/mol. The molecule has 0 radical (unpaired) electrons. The Morgan fingerprint density at radius 3 is 2.53 bits per heavy atom. The van der Waals surface area contributed by atoms with Crippen LogP contribution in [0.2, 0.25) is 5.02 Å². The smallest absolute Gasteiger partial charge is 0.253 e. The molecule has 0 spiro atoms. The molecule has 0 atom stereocenters. The van der Waals surface area contributed by atoms with Crippen molar-refractivity contribution in [3.05, 3.63) is 100.0 Å². The fraction of sp³-hybridized carbons (Fsp3) is 0.273. The summed E-state index contributed by atoms with van der Waals surface area (Å²) < 4.78 is 20.6. The van der Waals surface area contributed by atoms with Crippen LogP contribution < -0.4 is 10.1 Å². The lowest BCUT2D eigenvalue weighted by atomic mass is 9.94. The molecular formula is C33H36ClFN6O2. The first kappa shape index (κ1) is 31.6. The Hall–Kier alpha value is -4.34. The largest absolute Gasteiger partial charge is 0.496 e. The average molecular weight is 603 g/mol. The van der Waals surface area contributed by atoms with Crippen molar-refractivity contribution in [1.82, 2.24) is 19.8 Å². The number of carbonyl (C=O) groups is 1. The van der Waals surface area contributed by atoms with Gasteiger partial charge in [-0.1, -0.05) is 31.2 Å². The van der Waals surface area contributed by atoms with Crippen molar-refractivity contribution in [1.29, 1.82) is 0 Å². The van der Waals surface area contributed by atoms with E-state index in [-0.39, 0.29) is 25.4 Å². The first-order valence-corrected chi connectivity index (χ1v) is 13.9. The predicted octanol–water partition coefficient (Wildman–Crippen LogP) is 6.70. The summed E-state index contributed by atoms with van der Waals surface area (Å²) in [4.78, 5) is 30.8. The number of anilines is 2. The fourth-order valence-corrected chi connectivity index (χ4v) is 5.05. The number of halogens is 2. The van der Waals surface area contributed by atoms with Crippen molar-refractivity contribution in [2.75, 3.05) is 46.7 Å². The van der Waals surface area contributed by atoms with Crippen LogP contribution in [-0.2, 0) is 6.54 Å². The average Bonchev–Trinajstić information content (AvgIpc) is 3.13. The number of carbonyl (C=O) groups excluding carboxylic acids is 1. The summed E-state index contributed by atoms with van der Waals surface area (Å²) in [6.45, 7) is 1.85. The number of nitrogens with zero attached hydrogens (tertiary/aromatic N) is 5. The summed E-state index contributed by atoms with van der Waals surface area (Å²) in [5.41, 5.74) is 4.88. The van der Waals surface area contributed by atoms with Crippen molar-refractivity contribution >= 4 is 34.9 Å². The number of amides is 1. The molecule has 0 aliphatic carbocycles. The summed E-state index contributed by atoms with van der Waals surface area (Å²) >= 11 is 6.40. The Morgan fingerprint density at radius 2 is 1.81 bits per heavy atom. The van der Waals surface area contributed by atoms with Crippen molar-refractivity contribution in [2.45, 2.75) is 20.4 Å². The summed E-state index contributed by atoms with van der Waals surface area (Å²) in [5, 5.41) is 3.72. The minimum absolute atomic E-state index is 0. The number of fused-ring (bicyclic) bond motifs is 3. The van der Waals surface area contributed by atoms with E-state index in [0.717, 1.165) is 29.8 Å². The van der Waals surface area contributed by atoms with Crippen LogP contribution in [0.25, 0.3) is 11.3 Å². The van der Waals surface area contributed by atoms with Gasteiger partial charge < -0.3 is 19.9 Å². The van der Waals surface area contributed by atoms with Gasteiger partial charge in [0.15, 0.2) is 0 Å². The van der Waals surface area contributed by atoms with Gasteiger partial charge in [0.2, 0.25) is 5.95 Å². The van der Waals surface area contributed by atoms with Crippen LogP contribution in [0.4, 0.5) is 16.0 Å². The molecule has 224 valence electrons. The van der Waals surface area contributed by atoms with Crippen LogP contribution in [0.3, 0.4) is 0 Å². The number of hydrogen-bond donors (Lipinski definition) is 1. The van der Waals surface area contributed by atoms with Crippen LogP contribution in [0, 0.1) is 5.82 Å². The third-order valence-electron chi connectivity index (χ3n) is 7.03. The quantitative estimate of drug-likeness (QED) is 0.230. The highest BCUT2D eigenvalue weighted by atomic mass is 35.5. The Kier molecular flexibility index (Phi) is 10.1. The third-order valence-corrected chi connectivity index (χ3v) is 7.26. The normalized spacial score (nSPS) is 11.9. The third kappa shape index (κ3) is 7.01. The highest BCUT2D eigenvalue weighted by Gasteiger charge is 2.25. The number of rotatable bonds is 9. The molecule has 1 aliphatic heterocycles. The van der Waals surface area contributed by atoms with Gasteiger partial charge in [0.05, 0.1) is 30.6 Å². The molecule has 0 unspecified atom stereocenters. The molecule has 0 saturated heterocycles. The van der Waals surface area contributed by atoms with Gasteiger partial charge in [0.1, 0.15) is 11.6 Å². The molecule has 0 saturated carbocycles. The van der Waals surface area contributed by atoms with E-state index in [1.54, 1.807) is 47.5 Å². The molecule has 3 aromatic carbocycles. The molecule has 8 nitrogen and oxygen atoms in total. The maximum atomic E-state index is 15.1. The zero-order valence-corrected chi connectivity index (χ0v) is 24.7. The molecule has 2 heterocycles. The second kappa shape index (κ2) is 13.8. The summed E-state index contributed by atoms with van der Waals surface area (Å²) in [6.07, 6.45) is 2.62. The Bertz CT molecular complexity index is 1640. The minimum atomic E-state index is -0.444. The zero-order chi connectivity index (χ0) is 29.8. The molecule has 5 rings (SSSR count). The minimum Gasteiger partial charge on any atom is -0.496 e. The van der Waals surface area contributed by atoms with E-state index >= 15 is 4.39 Å². The van der Waals surface area contributed by atoms with Crippen LogP contribution in [-0.4, -0.2) is 72.7 Å². The lowest BCUT2D eigenvalue weighted by molar-refractivity contribution is 0.0790. The standard InChI is InChI=1S/C32H32ClFN6O2.CH4/c1-39(2)15-6-16-40(3)31(41)20-9-12-23(13-10-20)37-32-36-19-21-18-35-30(28-26(34)7-5-8-27(28)42-4)25-17-22(33)11-14-24(25)29(21)38-32;/h5,7-14,17,19H,6,15-16,18H2,1-4H3,(H,36,37,38);1H4. The highest BCUT2D eigenvalue weighted by Crippen LogP contribution is 2.36. The van der Waals surface area contributed by atoms with Crippen LogP contribution in [0.1, 0.15) is 40.9 Å². The van der Waals surface area contributed by atoms with Gasteiger partial charge in [-0.3, -0.25) is 9.79 Å². The number of methoxy groups -OCH3 is 1. The number of nitrogens with one attached hydrogen (secondary N) is 1. The van der Waals surface area contributed by atoms with Gasteiger partial charge in [-0.25, -0.2) is 14.4 Å². The Morgan fingerprint density at radius 1 is 1.05 bits per heavy atom. The van der Waals surface area contributed by atoms with Crippen molar-refractivity contribution in [3.8, 4) is 17.0 Å². The van der Waals surface area contributed by atoms with Crippen molar-refractivity contribution < 1.29 is 13.9 Å². The van der Waals surface area contributed by atoms with E-state index in [2.05, 4.69) is 15.2 Å². The predicted molar refractivity (Wildman–Crippen MR) is 171 cm³/mol. The van der Waals surface area contributed by atoms with E-state index in [0.29, 0.717) is 45.8 Å². The van der Waals surface area contributed by atoms with Gasteiger partial charge in [-0.05, 0) is 75.6 Å². The number of hydrogen-bond acceptors (Lipinski definition) is 7. The van der Waals surface area contributed by atoms with Gasteiger partial charge in [-0.2, -0.15) is 0 Å². The van der Waals surface area contributed by atoms with E-state index < -0.39 is 5.82 Å². The van der Waals surface area contributed by atoms with Gasteiger partial charge in [-0.15, -0.1) is 0 Å². The molecule has 0 bridgehead atoms. The molecule has 1 aromatic heterocycles. The lowest BCUT2D eigenvalue weighted by Gasteiger charge is -2.19. The zero-order valence-electron chi connectivity index (χ0n) is 24.0. The summed E-state index contributed by atoms with van der Waals surface area (Å²) in [5.74, 6) is 0.279. The second-order valence-electron chi connectivity index (χ2n) is 10.3. The van der Waals surface area contributed by atoms with Gasteiger partial charge in [0, 0.05) is 52.8 Å². The Labute approximate surface area is 257 Å². The van der Waals surface area contributed by atoms with Crippen molar-refractivity contribution in [2.24, 2.45) is 4.99 Å². The number of aromatic nitrogens is 2. The number of aliphatic imine (C=N–C) groups is 1. The van der Waals surface area contributed by atoms with Crippen LogP contribution >= 0.6 is 11.6 Å². The van der Waals surface area contributed by atoms with E-state index in [1.807, 2.05) is 39.3 Å².